The SMILES string of the molecule is CC(C)(C)CC1COCC(CO)N1. The molecule has 0 saturated carbocycles. The van der Waals surface area contributed by atoms with Crippen molar-refractivity contribution in [3.05, 3.63) is 0 Å². The molecule has 2 N–H and O–H groups in total. The molecular formula is C10H21NO2. The minimum Gasteiger partial charge on any atom is -0.395 e. The summed E-state index contributed by atoms with van der Waals surface area (Å²) in [5, 5.41) is 12.3. The van der Waals surface area contributed by atoms with Crippen molar-refractivity contribution < 1.29 is 9.84 Å². The highest BCUT2D eigenvalue weighted by Crippen LogP contribution is 2.22. The van der Waals surface area contributed by atoms with E-state index in [1.54, 1.807) is 0 Å². The molecule has 0 spiro atoms. The molecule has 0 aliphatic carbocycles. The predicted octanol–water partition coefficient (Wildman–Crippen LogP) is 0.772. The maximum atomic E-state index is 8.96. The van der Waals surface area contributed by atoms with Crippen LogP contribution in [0.4, 0.5) is 0 Å². The molecule has 0 aromatic carbocycles. The van der Waals surface area contributed by atoms with E-state index < -0.39 is 0 Å². The molecule has 1 saturated heterocycles. The Kier molecular flexibility index (Phi) is 3.71. The molecule has 1 heterocycles. The highest BCUT2D eigenvalue weighted by molar-refractivity contribution is 4.81. The molecule has 78 valence electrons. The minimum absolute atomic E-state index is 0.126. The van der Waals surface area contributed by atoms with E-state index in [9.17, 15) is 0 Å². The largest absolute Gasteiger partial charge is 0.395 e. The number of morpholine rings is 1. The van der Waals surface area contributed by atoms with Crippen molar-refractivity contribution >= 4 is 0 Å². The number of aliphatic hydroxyl groups excluding tert-OH is 1. The van der Waals surface area contributed by atoms with Gasteiger partial charge in [0.25, 0.3) is 0 Å². The Bertz CT molecular complexity index is 153. The van der Waals surface area contributed by atoms with Crippen LogP contribution in [0, 0.1) is 5.41 Å². The Labute approximate surface area is 80.5 Å². The second-order valence-corrected chi connectivity index (χ2v) is 5.05. The van der Waals surface area contributed by atoms with Gasteiger partial charge in [0, 0.05) is 6.04 Å². The van der Waals surface area contributed by atoms with Gasteiger partial charge in [-0.3, -0.25) is 0 Å². The highest BCUT2D eigenvalue weighted by Gasteiger charge is 2.24. The lowest BCUT2D eigenvalue weighted by molar-refractivity contribution is 0.0166. The van der Waals surface area contributed by atoms with Gasteiger partial charge in [-0.05, 0) is 11.8 Å². The molecule has 1 aliphatic heterocycles. The third kappa shape index (κ3) is 4.07. The number of hydrogen-bond donors (Lipinski definition) is 2. The summed E-state index contributed by atoms with van der Waals surface area (Å²) in [5.74, 6) is 0. The van der Waals surface area contributed by atoms with Crippen molar-refractivity contribution in [2.24, 2.45) is 5.41 Å². The zero-order valence-corrected chi connectivity index (χ0v) is 8.84. The van der Waals surface area contributed by atoms with Crippen molar-refractivity contribution in [2.75, 3.05) is 19.8 Å². The van der Waals surface area contributed by atoms with E-state index in [0.717, 1.165) is 13.0 Å². The van der Waals surface area contributed by atoms with E-state index in [0.29, 0.717) is 18.1 Å². The standard InChI is InChI=1S/C10H21NO2/c1-10(2,3)4-8-6-13-7-9(5-12)11-8/h8-9,11-12H,4-7H2,1-3H3. The van der Waals surface area contributed by atoms with Gasteiger partial charge in [0.2, 0.25) is 0 Å². The topological polar surface area (TPSA) is 41.5 Å². The number of nitrogens with one attached hydrogen (secondary N) is 1. The van der Waals surface area contributed by atoms with E-state index in [1.807, 2.05) is 0 Å². The lowest BCUT2D eigenvalue weighted by Crippen LogP contribution is -2.51. The molecule has 1 aliphatic rings. The van der Waals surface area contributed by atoms with Gasteiger partial charge in [0.1, 0.15) is 0 Å². The molecule has 0 bridgehead atoms. The van der Waals surface area contributed by atoms with E-state index >= 15 is 0 Å². The summed E-state index contributed by atoms with van der Waals surface area (Å²) in [6.07, 6.45) is 1.09. The van der Waals surface area contributed by atoms with Crippen LogP contribution in [0.2, 0.25) is 0 Å². The fourth-order valence-corrected chi connectivity index (χ4v) is 1.74. The van der Waals surface area contributed by atoms with Gasteiger partial charge < -0.3 is 15.2 Å². The summed E-state index contributed by atoms with van der Waals surface area (Å²) < 4.78 is 5.41. The number of hydrogen-bond acceptors (Lipinski definition) is 3. The Hall–Kier alpha value is -0.120. The normalized spacial score (nSPS) is 30.5. The molecule has 0 aromatic heterocycles. The maximum Gasteiger partial charge on any atom is 0.0642 e. The molecule has 13 heavy (non-hydrogen) atoms. The smallest absolute Gasteiger partial charge is 0.0642 e. The predicted molar refractivity (Wildman–Crippen MR) is 52.7 cm³/mol. The first-order chi connectivity index (χ1) is 6.01. The summed E-state index contributed by atoms with van der Waals surface area (Å²) in [5.41, 5.74) is 0.318. The van der Waals surface area contributed by atoms with Gasteiger partial charge in [-0.25, -0.2) is 0 Å². The van der Waals surface area contributed by atoms with Crippen LogP contribution < -0.4 is 5.32 Å². The Morgan fingerprint density at radius 3 is 2.46 bits per heavy atom. The van der Waals surface area contributed by atoms with E-state index in [-0.39, 0.29) is 12.6 Å². The summed E-state index contributed by atoms with van der Waals surface area (Å²) in [7, 11) is 0. The van der Waals surface area contributed by atoms with Crippen LogP contribution in [0.5, 0.6) is 0 Å². The van der Waals surface area contributed by atoms with Crippen LogP contribution in [0.3, 0.4) is 0 Å². The molecular weight excluding hydrogens is 166 g/mol. The number of aliphatic hydroxyl groups is 1. The first kappa shape index (κ1) is 11.0. The molecule has 1 rings (SSSR count). The van der Waals surface area contributed by atoms with Crippen molar-refractivity contribution in [1.82, 2.24) is 5.32 Å². The lowest BCUT2D eigenvalue weighted by atomic mass is 9.88. The second-order valence-electron chi connectivity index (χ2n) is 5.05. The molecule has 0 aromatic rings. The summed E-state index contributed by atoms with van der Waals surface area (Å²) in [6, 6.07) is 0.520. The van der Waals surface area contributed by atoms with E-state index in [1.165, 1.54) is 0 Å². The average Bonchev–Trinajstić information content (AvgIpc) is 2.01. The zero-order chi connectivity index (χ0) is 9.90. The van der Waals surface area contributed by atoms with Crippen LogP contribution in [0.1, 0.15) is 27.2 Å². The van der Waals surface area contributed by atoms with Gasteiger partial charge in [-0.15, -0.1) is 0 Å². The molecule has 0 amide bonds. The van der Waals surface area contributed by atoms with Crippen LogP contribution in [0.25, 0.3) is 0 Å². The van der Waals surface area contributed by atoms with Gasteiger partial charge in [-0.2, -0.15) is 0 Å². The molecule has 3 nitrogen and oxygen atoms in total. The van der Waals surface area contributed by atoms with Crippen molar-refractivity contribution in [3.63, 3.8) is 0 Å². The third-order valence-electron chi connectivity index (χ3n) is 2.19. The number of ether oxygens (including phenoxy) is 1. The molecule has 2 unspecified atom stereocenters. The van der Waals surface area contributed by atoms with Crippen molar-refractivity contribution in [1.29, 1.82) is 0 Å². The zero-order valence-electron chi connectivity index (χ0n) is 8.84. The maximum absolute atomic E-state index is 8.96. The Morgan fingerprint density at radius 2 is 1.92 bits per heavy atom. The first-order valence-corrected chi connectivity index (χ1v) is 4.96. The van der Waals surface area contributed by atoms with Gasteiger partial charge in [0.15, 0.2) is 0 Å². The summed E-state index contributed by atoms with van der Waals surface area (Å²) in [6.45, 7) is 8.23. The van der Waals surface area contributed by atoms with Crippen molar-refractivity contribution in [3.8, 4) is 0 Å². The molecule has 3 heteroatoms. The molecule has 0 radical (unpaired) electrons. The quantitative estimate of drug-likeness (QED) is 0.671. The van der Waals surface area contributed by atoms with Crippen LogP contribution in [-0.4, -0.2) is 37.0 Å². The fourth-order valence-electron chi connectivity index (χ4n) is 1.74. The van der Waals surface area contributed by atoms with Gasteiger partial charge in [-0.1, -0.05) is 20.8 Å². The van der Waals surface area contributed by atoms with E-state index in [4.69, 9.17) is 9.84 Å². The molecule has 2 atom stereocenters. The van der Waals surface area contributed by atoms with Gasteiger partial charge in [0.05, 0.1) is 25.9 Å². The Morgan fingerprint density at radius 1 is 1.31 bits per heavy atom. The Balaban J connectivity index is 2.34. The van der Waals surface area contributed by atoms with Crippen LogP contribution in [0.15, 0.2) is 0 Å². The van der Waals surface area contributed by atoms with Crippen molar-refractivity contribution in [2.45, 2.75) is 39.3 Å². The summed E-state index contributed by atoms with van der Waals surface area (Å²) >= 11 is 0. The summed E-state index contributed by atoms with van der Waals surface area (Å²) in [4.78, 5) is 0. The van der Waals surface area contributed by atoms with E-state index in [2.05, 4.69) is 26.1 Å². The minimum atomic E-state index is 0.126. The first-order valence-electron chi connectivity index (χ1n) is 4.96. The van der Waals surface area contributed by atoms with Crippen LogP contribution in [-0.2, 0) is 4.74 Å². The molecule has 1 fully saturated rings. The highest BCUT2D eigenvalue weighted by atomic mass is 16.5. The monoisotopic (exact) mass is 187 g/mol. The average molecular weight is 187 g/mol. The van der Waals surface area contributed by atoms with Crippen LogP contribution >= 0.6 is 0 Å². The van der Waals surface area contributed by atoms with Gasteiger partial charge >= 0.3 is 0 Å². The second kappa shape index (κ2) is 4.40. The third-order valence-corrected chi connectivity index (χ3v) is 2.19. The fraction of sp³-hybridized carbons (Fsp3) is 1.00. The lowest BCUT2D eigenvalue weighted by Gasteiger charge is -2.33. The number of rotatable bonds is 2.